The molecule has 116 valence electrons. The summed E-state index contributed by atoms with van der Waals surface area (Å²) in [5, 5.41) is 3.02. The number of ether oxygens (including phenoxy) is 2. The Balaban J connectivity index is 1.79. The minimum atomic E-state index is -0.0669. The second-order valence-electron chi connectivity index (χ2n) is 5.36. The van der Waals surface area contributed by atoms with E-state index in [0.717, 1.165) is 32.7 Å². The molecule has 0 unspecified atom stereocenters. The van der Waals surface area contributed by atoms with Crippen LogP contribution < -0.4 is 10.1 Å². The first-order chi connectivity index (χ1) is 10.2. The molecule has 1 aromatic carbocycles. The van der Waals surface area contributed by atoms with E-state index in [2.05, 4.69) is 10.2 Å². The normalized spacial score (nSPS) is 18.7. The molecule has 2 rings (SSSR count). The Labute approximate surface area is 126 Å². The molecule has 1 heterocycles. The summed E-state index contributed by atoms with van der Waals surface area (Å²) in [5.74, 6) is 1.06. The van der Waals surface area contributed by atoms with Gasteiger partial charge in [-0.05, 0) is 31.0 Å². The smallest absolute Gasteiger partial charge is 0.255 e. The Morgan fingerprint density at radius 3 is 2.95 bits per heavy atom. The second-order valence-corrected chi connectivity index (χ2v) is 5.36. The molecule has 1 aromatic rings. The van der Waals surface area contributed by atoms with Crippen LogP contribution in [0.5, 0.6) is 5.75 Å². The summed E-state index contributed by atoms with van der Waals surface area (Å²) in [7, 11) is 3.30. The molecule has 1 N–H and O–H groups in total. The van der Waals surface area contributed by atoms with Crippen molar-refractivity contribution in [3.8, 4) is 5.75 Å². The highest BCUT2D eigenvalue weighted by Gasteiger charge is 2.23. The van der Waals surface area contributed by atoms with Crippen molar-refractivity contribution in [1.82, 2.24) is 10.2 Å². The summed E-state index contributed by atoms with van der Waals surface area (Å²) < 4.78 is 10.3. The fourth-order valence-electron chi connectivity index (χ4n) is 2.67. The fraction of sp³-hybridized carbons (Fsp3) is 0.562. The molecule has 1 atom stereocenters. The lowest BCUT2D eigenvalue weighted by molar-refractivity contribution is 0.0943. The minimum absolute atomic E-state index is 0.0669. The number of likely N-dealkylation sites (tertiary alicyclic amines) is 1. The Kier molecular flexibility index (Phi) is 6.02. The van der Waals surface area contributed by atoms with Gasteiger partial charge in [-0.25, -0.2) is 0 Å². The lowest BCUT2D eigenvalue weighted by Gasteiger charge is -2.16. The number of nitrogens with zero attached hydrogens (tertiary/aromatic N) is 1. The minimum Gasteiger partial charge on any atom is -0.496 e. The van der Waals surface area contributed by atoms with E-state index in [1.165, 1.54) is 0 Å². The van der Waals surface area contributed by atoms with Gasteiger partial charge in [0.25, 0.3) is 5.91 Å². The lowest BCUT2D eigenvalue weighted by atomic mass is 10.1. The summed E-state index contributed by atoms with van der Waals surface area (Å²) in [6.07, 6.45) is 1.12. The number of carbonyl (C=O) groups is 1. The first-order valence-corrected chi connectivity index (χ1v) is 7.37. The maximum Gasteiger partial charge on any atom is 0.255 e. The molecule has 1 fully saturated rings. The van der Waals surface area contributed by atoms with Crippen LogP contribution in [0.3, 0.4) is 0 Å². The number of benzene rings is 1. The number of nitrogens with one attached hydrogen (secondary N) is 1. The molecule has 1 saturated heterocycles. The Morgan fingerprint density at radius 1 is 1.38 bits per heavy atom. The number of para-hydroxylation sites is 1. The number of methoxy groups -OCH3 is 2. The van der Waals surface area contributed by atoms with Crippen molar-refractivity contribution in [1.29, 1.82) is 0 Å². The fourth-order valence-corrected chi connectivity index (χ4v) is 2.67. The molecular formula is C16H24N2O3. The van der Waals surface area contributed by atoms with Crippen LogP contribution in [0.15, 0.2) is 24.3 Å². The maximum atomic E-state index is 12.2. The van der Waals surface area contributed by atoms with E-state index >= 15 is 0 Å². The molecular weight excluding hydrogens is 268 g/mol. The van der Waals surface area contributed by atoms with E-state index in [9.17, 15) is 4.79 Å². The van der Waals surface area contributed by atoms with Gasteiger partial charge in [-0.3, -0.25) is 4.79 Å². The third-order valence-corrected chi connectivity index (χ3v) is 3.88. The number of rotatable bonds is 7. The SMILES string of the molecule is COCCN1CC[C@@H](CNC(=O)c2ccccc2OC)C1. The Hall–Kier alpha value is -1.59. The molecule has 1 aliphatic heterocycles. The van der Waals surface area contributed by atoms with Crippen LogP contribution in [0, 0.1) is 5.92 Å². The molecule has 5 heteroatoms. The number of hydrogen-bond acceptors (Lipinski definition) is 4. The van der Waals surface area contributed by atoms with Gasteiger partial charge in [0.05, 0.1) is 19.3 Å². The van der Waals surface area contributed by atoms with E-state index in [4.69, 9.17) is 9.47 Å². The summed E-state index contributed by atoms with van der Waals surface area (Å²) in [4.78, 5) is 14.6. The monoisotopic (exact) mass is 292 g/mol. The highest BCUT2D eigenvalue weighted by molar-refractivity contribution is 5.96. The van der Waals surface area contributed by atoms with Crippen LogP contribution in [-0.4, -0.2) is 57.8 Å². The van der Waals surface area contributed by atoms with Crippen molar-refractivity contribution in [3.05, 3.63) is 29.8 Å². The largest absolute Gasteiger partial charge is 0.496 e. The first-order valence-electron chi connectivity index (χ1n) is 7.37. The zero-order chi connectivity index (χ0) is 15.1. The van der Waals surface area contributed by atoms with Crippen LogP contribution in [0.25, 0.3) is 0 Å². The highest BCUT2D eigenvalue weighted by Crippen LogP contribution is 2.18. The van der Waals surface area contributed by atoms with Crippen LogP contribution in [-0.2, 0) is 4.74 Å². The maximum absolute atomic E-state index is 12.2. The zero-order valence-electron chi connectivity index (χ0n) is 12.8. The van der Waals surface area contributed by atoms with E-state index in [1.807, 2.05) is 12.1 Å². The summed E-state index contributed by atoms with van der Waals surface area (Å²) in [6, 6.07) is 7.30. The van der Waals surface area contributed by atoms with Crippen LogP contribution >= 0.6 is 0 Å². The molecule has 1 aliphatic rings. The average Bonchev–Trinajstić information content (AvgIpc) is 2.98. The van der Waals surface area contributed by atoms with Gasteiger partial charge in [0, 0.05) is 26.7 Å². The third-order valence-electron chi connectivity index (χ3n) is 3.88. The summed E-state index contributed by atoms with van der Waals surface area (Å²) in [6.45, 7) is 4.54. The molecule has 5 nitrogen and oxygen atoms in total. The van der Waals surface area contributed by atoms with Gasteiger partial charge in [0.15, 0.2) is 0 Å². The predicted octanol–water partition coefficient (Wildman–Crippen LogP) is 1.39. The van der Waals surface area contributed by atoms with Gasteiger partial charge in [-0.1, -0.05) is 12.1 Å². The Bertz CT molecular complexity index is 465. The zero-order valence-corrected chi connectivity index (χ0v) is 12.8. The van der Waals surface area contributed by atoms with Gasteiger partial charge in [0.2, 0.25) is 0 Å². The van der Waals surface area contributed by atoms with Gasteiger partial charge in [-0.2, -0.15) is 0 Å². The molecule has 0 aromatic heterocycles. The van der Waals surface area contributed by atoms with Gasteiger partial charge < -0.3 is 19.7 Å². The molecule has 0 bridgehead atoms. The van der Waals surface area contributed by atoms with E-state index in [-0.39, 0.29) is 5.91 Å². The highest BCUT2D eigenvalue weighted by atomic mass is 16.5. The summed E-state index contributed by atoms with van der Waals surface area (Å²) >= 11 is 0. The average molecular weight is 292 g/mol. The van der Waals surface area contributed by atoms with Crippen molar-refractivity contribution in [2.75, 3.05) is 47.0 Å². The number of hydrogen-bond donors (Lipinski definition) is 1. The van der Waals surface area contributed by atoms with Crippen molar-refractivity contribution >= 4 is 5.91 Å². The van der Waals surface area contributed by atoms with Gasteiger partial charge >= 0.3 is 0 Å². The standard InChI is InChI=1S/C16H24N2O3/c1-20-10-9-18-8-7-13(12-18)11-17-16(19)14-5-3-4-6-15(14)21-2/h3-6,13H,7-12H2,1-2H3,(H,17,19)/t13-/m0/s1. The molecule has 0 saturated carbocycles. The van der Waals surface area contributed by atoms with Crippen LogP contribution in [0.1, 0.15) is 16.8 Å². The first kappa shape index (κ1) is 15.8. The van der Waals surface area contributed by atoms with E-state index in [1.54, 1.807) is 26.4 Å². The number of amides is 1. The Morgan fingerprint density at radius 2 is 2.19 bits per heavy atom. The van der Waals surface area contributed by atoms with E-state index < -0.39 is 0 Å². The van der Waals surface area contributed by atoms with Crippen molar-refractivity contribution in [2.24, 2.45) is 5.92 Å². The quantitative estimate of drug-likeness (QED) is 0.825. The number of carbonyl (C=O) groups excluding carboxylic acids is 1. The van der Waals surface area contributed by atoms with Crippen molar-refractivity contribution in [3.63, 3.8) is 0 Å². The van der Waals surface area contributed by atoms with Crippen molar-refractivity contribution in [2.45, 2.75) is 6.42 Å². The van der Waals surface area contributed by atoms with Gasteiger partial charge in [-0.15, -0.1) is 0 Å². The second kappa shape index (κ2) is 8.00. The molecule has 0 aliphatic carbocycles. The topological polar surface area (TPSA) is 50.8 Å². The van der Waals surface area contributed by atoms with Crippen molar-refractivity contribution < 1.29 is 14.3 Å². The lowest BCUT2D eigenvalue weighted by Crippen LogP contribution is -2.32. The van der Waals surface area contributed by atoms with E-state index in [0.29, 0.717) is 23.8 Å². The molecule has 0 radical (unpaired) electrons. The third kappa shape index (κ3) is 4.44. The van der Waals surface area contributed by atoms with Crippen LogP contribution in [0.2, 0.25) is 0 Å². The summed E-state index contributed by atoms with van der Waals surface area (Å²) in [5.41, 5.74) is 0.592. The molecule has 21 heavy (non-hydrogen) atoms. The van der Waals surface area contributed by atoms with Crippen LogP contribution in [0.4, 0.5) is 0 Å². The predicted molar refractivity (Wildman–Crippen MR) is 81.8 cm³/mol. The van der Waals surface area contributed by atoms with Gasteiger partial charge in [0.1, 0.15) is 5.75 Å². The molecule has 0 spiro atoms. The molecule has 1 amide bonds.